The van der Waals surface area contributed by atoms with Crippen LogP contribution in [0.15, 0.2) is 30.5 Å². The van der Waals surface area contributed by atoms with Gasteiger partial charge in [0.2, 0.25) is 0 Å². The number of carbonyl (C=O) groups is 1. The van der Waals surface area contributed by atoms with Crippen molar-refractivity contribution in [2.75, 3.05) is 0 Å². The van der Waals surface area contributed by atoms with E-state index in [0.717, 1.165) is 16.5 Å². The van der Waals surface area contributed by atoms with Gasteiger partial charge in [-0.1, -0.05) is 18.2 Å². The maximum absolute atomic E-state index is 10.5. The molecular weight excluding hydrogens is 182 g/mol. The molecule has 0 fully saturated rings. The Bertz CT molecular complexity index is 447. The maximum atomic E-state index is 10.5. The van der Waals surface area contributed by atoms with Crippen molar-refractivity contribution in [1.29, 1.82) is 0 Å². The van der Waals surface area contributed by atoms with Crippen LogP contribution < -0.4 is 0 Å². The van der Waals surface area contributed by atoms with Gasteiger partial charge in [-0.25, -0.2) is 0 Å². The van der Waals surface area contributed by atoms with E-state index in [1.54, 1.807) is 6.20 Å². The number of rotatable bonds is 2. The largest absolute Gasteiger partial charge is 0.481 e. The van der Waals surface area contributed by atoms with Gasteiger partial charge in [0.25, 0.3) is 0 Å². The highest BCUT2D eigenvalue weighted by atomic mass is 16.4. The molecule has 0 aliphatic heterocycles. The van der Waals surface area contributed by atoms with Gasteiger partial charge in [0.1, 0.15) is 0 Å². The number of hydrogen-bond donors (Lipinski definition) is 2. The van der Waals surface area contributed by atoms with Crippen LogP contribution in [0.5, 0.6) is 0 Å². The number of carboxylic acids is 1. The smallest absolute Gasteiger partial charge is 0.307 e. The van der Waals surface area contributed by atoms with Crippen molar-refractivity contribution in [3.05, 3.63) is 36.0 Å². The van der Waals surface area contributed by atoms with E-state index in [2.05, 4.69) is 4.98 Å². The van der Waals surface area contributed by atoms with E-state index in [-0.39, 0.29) is 11.9 Å². The monoisotopic (exact) mass is 193 g/mol. The molecule has 4 nitrogen and oxygen atoms in total. The maximum Gasteiger partial charge on any atom is 0.307 e. The summed E-state index contributed by atoms with van der Waals surface area (Å²) in [5.41, 5.74) is 1.82. The van der Waals surface area contributed by atoms with Gasteiger partial charge in [-0.05, 0) is 11.6 Å². The molecule has 1 aromatic heterocycles. The minimum atomic E-state index is -0.801. The van der Waals surface area contributed by atoms with E-state index in [9.17, 15) is 4.79 Å². The first-order valence-electron chi connectivity index (χ1n) is 4.04. The Labute approximate surface area is 80.5 Å². The molecule has 14 heavy (non-hydrogen) atoms. The number of nitrogens with one attached hydrogen (secondary N) is 1. The van der Waals surface area contributed by atoms with Crippen molar-refractivity contribution in [3.8, 4) is 0 Å². The molecule has 0 atom stereocenters. The van der Waals surface area contributed by atoms with Gasteiger partial charge >= 0.3 is 5.97 Å². The number of benzene rings is 1. The first-order chi connectivity index (χ1) is 6.27. The summed E-state index contributed by atoms with van der Waals surface area (Å²) in [5.74, 6) is -0.801. The van der Waals surface area contributed by atoms with E-state index in [1.807, 2.05) is 24.3 Å². The fraction of sp³-hybridized carbons (Fsp3) is 0.100. The second-order valence-corrected chi connectivity index (χ2v) is 2.93. The lowest BCUT2D eigenvalue weighted by atomic mass is 10.1. The third kappa shape index (κ3) is 1.75. The minimum absolute atomic E-state index is 0. The molecule has 74 valence electrons. The summed E-state index contributed by atoms with van der Waals surface area (Å²) in [6.07, 6.45) is 1.82. The van der Waals surface area contributed by atoms with E-state index in [4.69, 9.17) is 5.11 Å². The van der Waals surface area contributed by atoms with Crippen LogP contribution >= 0.6 is 0 Å². The summed E-state index contributed by atoms with van der Waals surface area (Å²) >= 11 is 0. The molecule has 0 amide bonds. The molecule has 1 heterocycles. The zero-order chi connectivity index (χ0) is 9.26. The lowest BCUT2D eigenvalue weighted by molar-refractivity contribution is -0.136. The van der Waals surface area contributed by atoms with Crippen molar-refractivity contribution in [2.45, 2.75) is 6.42 Å². The van der Waals surface area contributed by atoms with E-state index < -0.39 is 5.97 Å². The Morgan fingerprint density at radius 3 is 2.79 bits per heavy atom. The van der Waals surface area contributed by atoms with E-state index >= 15 is 0 Å². The van der Waals surface area contributed by atoms with Crippen LogP contribution in [0.2, 0.25) is 0 Å². The number of hydrogen-bond acceptors (Lipinski definition) is 1. The molecule has 0 aliphatic carbocycles. The van der Waals surface area contributed by atoms with Gasteiger partial charge < -0.3 is 15.6 Å². The first kappa shape index (κ1) is 10.3. The molecule has 4 N–H and O–H groups in total. The fourth-order valence-electron chi connectivity index (χ4n) is 1.44. The second-order valence-electron chi connectivity index (χ2n) is 2.93. The average molecular weight is 193 g/mol. The average Bonchev–Trinajstić information content (AvgIpc) is 2.48. The minimum Gasteiger partial charge on any atom is -0.481 e. The number of aromatic amines is 1. The molecule has 0 bridgehead atoms. The molecule has 0 radical (unpaired) electrons. The summed E-state index contributed by atoms with van der Waals surface area (Å²) in [7, 11) is 0. The number of aromatic nitrogens is 1. The van der Waals surface area contributed by atoms with Crippen molar-refractivity contribution < 1.29 is 15.4 Å². The van der Waals surface area contributed by atoms with Crippen LogP contribution in [0.3, 0.4) is 0 Å². The standard InChI is InChI=1S/C10H9NO2.H2O/c12-10(13)5-7-6-11-9-4-2-1-3-8(7)9;/h1-4,6,11H,5H2,(H,12,13);1H2. The van der Waals surface area contributed by atoms with Gasteiger partial charge in [-0.3, -0.25) is 4.79 Å². The van der Waals surface area contributed by atoms with Crippen molar-refractivity contribution in [1.82, 2.24) is 4.98 Å². The van der Waals surface area contributed by atoms with E-state index in [0.29, 0.717) is 0 Å². The molecule has 0 aliphatic rings. The predicted molar refractivity (Wildman–Crippen MR) is 53.3 cm³/mol. The lowest BCUT2D eigenvalue weighted by Crippen LogP contribution is -1.98. The third-order valence-corrected chi connectivity index (χ3v) is 2.02. The highest BCUT2D eigenvalue weighted by Gasteiger charge is 2.05. The quantitative estimate of drug-likeness (QED) is 0.744. The molecule has 0 unspecified atom stereocenters. The zero-order valence-electron chi connectivity index (χ0n) is 7.45. The van der Waals surface area contributed by atoms with Gasteiger partial charge in [0.05, 0.1) is 6.42 Å². The summed E-state index contributed by atoms with van der Waals surface area (Å²) in [5, 5.41) is 9.62. The summed E-state index contributed by atoms with van der Waals surface area (Å²) in [4.78, 5) is 13.5. The molecule has 0 saturated carbocycles. The molecule has 2 rings (SSSR count). The molecule has 1 aromatic carbocycles. The second kappa shape index (κ2) is 3.93. The normalized spacial score (nSPS) is 9.71. The van der Waals surface area contributed by atoms with Crippen LogP contribution in [0.25, 0.3) is 10.9 Å². The van der Waals surface area contributed by atoms with Gasteiger partial charge in [-0.2, -0.15) is 0 Å². The van der Waals surface area contributed by atoms with Crippen LogP contribution in [0, 0.1) is 0 Å². The number of fused-ring (bicyclic) bond motifs is 1. The summed E-state index contributed by atoms with van der Waals surface area (Å²) in [6.45, 7) is 0. The molecule has 4 heteroatoms. The van der Waals surface area contributed by atoms with Gasteiger partial charge in [-0.15, -0.1) is 0 Å². The van der Waals surface area contributed by atoms with Gasteiger partial charge in [0, 0.05) is 17.1 Å². The summed E-state index contributed by atoms with van der Waals surface area (Å²) in [6, 6.07) is 7.68. The Hall–Kier alpha value is -1.81. The summed E-state index contributed by atoms with van der Waals surface area (Å²) < 4.78 is 0. The van der Waals surface area contributed by atoms with Crippen LogP contribution in [-0.2, 0) is 11.2 Å². The van der Waals surface area contributed by atoms with Crippen LogP contribution in [0.4, 0.5) is 0 Å². The fourth-order valence-corrected chi connectivity index (χ4v) is 1.44. The van der Waals surface area contributed by atoms with Crippen molar-refractivity contribution >= 4 is 16.9 Å². The van der Waals surface area contributed by atoms with E-state index in [1.165, 1.54) is 0 Å². The number of carboxylic acid groups (broad SMARTS) is 1. The Kier molecular flexibility index (Phi) is 2.89. The molecular formula is C10H11NO3. The third-order valence-electron chi connectivity index (χ3n) is 2.02. The topological polar surface area (TPSA) is 84.6 Å². The van der Waals surface area contributed by atoms with Crippen molar-refractivity contribution in [3.63, 3.8) is 0 Å². The molecule has 0 spiro atoms. The number of para-hydroxylation sites is 1. The van der Waals surface area contributed by atoms with Crippen molar-refractivity contribution in [2.24, 2.45) is 0 Å². The lowest BCUT2D eigenvalue weighted by Gasteiger charge is -1.92. The van der Waals surface area contributed by atoms with Gasteiger partial charge in [0.15, 0.2) is 0 Å². The molecule has 2 aromatic rings. The number of aliphatic carboxylic acids is 1. The SMILES string of the molecule is O.O=C(O)Cc1c[nH]c2ccccc12. The Morgan fingerprint density at radius 1 is 1.36 bits per heavy atom. The number of H-pyrrole nitrogens is 1. The van der Waals surface area contributed by atoms with Crippen LogP contribution in [0.1, 0.15) is 5.56 Å². The first-order valence-corrected chi connectivity index (χ1v) is 4.04. The molecule has 0 saturated heterocycles. The van der Waals surface area contributed by atoms with Crippen LogP contribution in [-0.4, -0.2) is 21.5 Å². The Balaban J connectivity index is 0.000000980. The Morgan fingerprint density at radius 2 is 2.07 bits per heavy atom. The highest BCUT2D eigenvalue weighted by Crippen LogP contribution is 2.17. The predicted octanol–water partition coefficient (Wildman–Crippen LogP) is 0.970. The highest BCUT2D eigenvalue weighted by molar-refractivity contribution is 5.86. The zero-order valence-corrected chi connectivity index (χ0v) is 7.45.